The van der Waals surface area contributed by atoms with Crippen LogP contribution in [0.5, 0.6) is 5.75 Å². The number of carbonyl (C=O) groups is 1. The largest absolute Gasteiger partial charge is 0.496 e. The molecule has 2 aromatic rings. The second-order valence-corrected chi connectivity index (χ2v) is 9.15. The van der Waals surface area contributed by atoms with Crippen molar-refractivity contribution in [3.63, 3.8) is 0 Å². The minimum atomic E-state index is -0.606. The van der Waals surface area contributed by atoms with Crippen LogP contribution in [-0.2, 0) is 17.6 Å². The summed E-state index contributed by atoms with van der Waals surface area (Å²) in [5.41, 5.74) is 2.60. The van der Waals surface area contributed by atoms with Crippen molar-refractivity contribution in [2.24, 2.45) is 0 Å². The molecule has 1 saturated heterocycles. The van der Waals surface area contributed by atoms with E-state index in [1.807, 2.05) is 6.08 Å². The number of rotatable bonds is 6. The third-order valence-corrected chi connectivity index (χ3v) is 6.59. The molecular formula is C25H26FN5O3. The molecule has 1 aromatic heterocycles. The molecule has 1 aromatic carbocycles. The summed E-state index contributed by atoms with van der Waals surface area (Å²) in [6.45, 7) is 3.86. The number of nitrogens with one attached hydrogen (secondary N) is 1. The van der Waals surface area contributed by atoms with E-state index in [0.717, 1.165) is 24.1 Å². The fraction of sp³-hybridized carbons (Fsp3) is 0.440. The Kier molecular flexibility index (Phi) is 5.70. The maximum absolute atomic E-state index is 15.1. The number of anilines is 1. The first-order chi connectivity index (χ1) is 16.4. The van der Waals surface area contributed by atoms with E-state index in [1.54, 1.807) is 4.90 Å². The molecule has 8 nitrogen and oxygen atoms in total. The van der Waals surface area contributed by atoms with Gasteiger partial charge in [0.15, 0.2) is 0 Å². The highest BCUT2D eigenvalue weighted by Gasteiger charge is 2.39. The number of halogens is 1. The lowest BCUT2D eigenvalue weighted by Gasteiger charge is -2.27. The Balaban J connectivity index is 1.46. The van der Waals surface area contributed by atoms with Crippen LogP contribution in [0.2, 0.25) is 0 Å². The monoisotopic (exact) mass is 463 g/mol. The van der Waals surface area contributed by atoms with Gasteiger partial charge in [-0.05, 0) is 31.9 Å². The van der Waals surface area contributed by atoms with Crippen molar-refractivity contribution in [3.05, 3.63) is 52.2 Å². The van der Waals surface area contributed by atoms with E-state index in [-0.39, 0.29) is 23.4 Å². The first kappa shape index (κ1) is 22.3. The minimum absolute atomic E-state index is 0.0238. The Morgan fingerprint density at radius 3 is 2.76 bits per heavy atom. The van der Waals surface area contributed by atoms with Crippen LogP contribution in [0.4, 0.5) is 10.2 Å². The molecule has 9 heteroatoms. The first-order valence-electron chi connectivity index (χ1n) is 11.4. The molecule has 1 aliphatic heterocycles. The molecule has 0 spiro atoms. The molecule has 2 heterocycles. The molecule has 1 amide bonds. The van der Waals surface area contributed by atoms with Crippen LogP contribution in [0.25, 0.3) is 5.57 Å². The molecule has 2 fully saturated rings. The zero-order valence-electron chi connectivity index (χ0n) is 19.3. The molecule has 0 radical (unpaired) electrons. The SMILES string of the molecule is COc1cc(C(=O)N2CCOCC2)c(F)cc1Cc1nc2c(c(NC3(C)CC3)n1)C(C#N)=CC2. The molecule has 0 bridgehead atoms. The highest BCUT2D eigenvalue weighted by molar-refractivity contribution is 5.95. The normalized spacial score (nSPS) is 18.1. The van der Waals surface area contributed by atoms with Gasteiger partial charge in [-0.25, -0.2) is 14.4 Å². The van der Waals surface area contributed by atoms with Gasteiger partial charge in [-0.1, -0.05) is 6.08 Å². The maximum atomic E-state index is 15.1. The van der Waals surface area contributed by atoms with Gasteiger partial charge in [0.05, 0.1) is 48.8 Å². The van der Waals surface area contributed by atoms with Gasteiger partial charge in [0.2, 0.25) is 0 Å². The van der Waals surface area contributed by atoms with E-state index in [1.165, 1.54) is 19.2 Å². The molecule has 0 atom stereocenters. The summed E-state index contributed by atoms with van der Waals surface area (Å²) >= 11 is 0. The molecule has 0 unspecified atom stereocenters. The van der Waals surface area contributed by atoms with Crippen molar-refractivity contribution in [2.75, 3.05) is 38.7 Å². The highest BCUT2D eigenvalue weighted by Crippen LogP contribution is 2.41. The molecule has 34 heavy (non-hydrogen) atoms. The van der Waals surface area contributed by atoms with E-state index in [2.05, 4.69) is 23.3 Å². The van der Waals surface area contributed by atoms with Gasteiger partial charge < -0.3 is 19.7 Å². The van der Waals surface area contributed by atoms with E-state index >= 15 is 4.39 Å². The smallest absolute Gasteiger partial charge is 0.257 e. The molecule has 1 N–H and O–H groups in total. The van der Waals surface area contributed by atoms with Crippen molar-refractivity contribution in [1.29, 1.82) is 5.26 Å². The number of amides is 1. The summed E-state index contributed by atoms with van der Waals surface area (Å²) in [6.07, 6.45) is 4.70. The van der Waals surface area contributed by atoms with Gasteiger partial charge >= 0.3 is 0 Å². The Labute approximate surface area is 197 Å². The van der Waals surface area contributed by atoms with Crippen molar-refractivity contribution in [3.8, 4) is 11.8 Å². The molecule has 5 rings (SSSR count). The molecular weight excluding hydrogens is 437 g/mol. The average Bonchev–Trinajstić information content (AvgIpc) is 3.41. The van der Waals surface area contributed by atoms with Gasteiger partial charge in [-0.3, -0.25) is 4.79 Å². The van der Waals surface area contributed by atoms with Crippen LogP contribution < -0.4 is 10.1 Å². The third-order valence-electron chi connectivity index (χ3n) is 6.59. The average molecular weight is 464 g/mol. The number of fused-ring (bicyclic) bond motifs is 1. The number of aromatic nitrogens is 2. The maximum Gasteiger partial charge on any atom is 0.257 e. The van der Waals surface area contributed by atoms with Gasteiger partial charge in [0.25, 0.3) is 5.91 Å². The van der Waals surface area contributed by atoms with Gasteiger partial charge in [0.1, 0.15) is 23.2 Å². The summed E-state index contributed by atoms with van der Waals surface area (Å²) in [7, 11) is 1.49. The second kappa shape index (κ2) is 8.69. The lowest BCUT2D eigenvalue weighted by atomic mass is 10.0. The molecule has 2 aliphatic carbocycles. The van der Waals surface area contributed by atoms with E-state index in [0.29, 0.717) is 61.3 Å². The van der Waals surface area contributed by atoms with Crippen LogP contribution in [0.15, 0.2) is 18.2 Å². The zero-order chi connectivity index (χ0) is 23.9. The fourth-order valence-corrected chi connectivity index (χ4v) is 4.35. The summed E-state index contributed by atoms with van der Waals surface area (Å²) in [5, 5.41) is 13.0. The third kappa shape index (κ3) is 4.21. The summed E-state index contributed by atoms with van der Waals surface area (Å²) < 4.78 is 25.9. The summed E-state index contributed by atoms with van der Waals surface area (Å²) in [5.74, 6) is 0.568. The van der Waals surface area contributed by atoms with Crippen LogP contribution in [0.1, 0.15) is 52.8 Å². The van der Waals surface area contributed by atoms with Crippen LogP contribution in [0.3, 0.4) is 0 Å². The molecule has 176 valence electrons. The Morgan fingerprint density at radius 1 is 1.32 bits per heavy atom. The minimum Gasteiger partial charge on any atom is -0.496 e. The predicted octanol–water partition coefficient (Wildman–Crippen LogP) is 3.11. The van der Waals surface area contributed by atoms with Crippen LogP contribution >= 0.6 is 0 Å². The number of allylic oxidation sites excluding steroid dienone is 2. The number of morpholine rings is 1. The lowest BCUT2D eigenvalue weighted by Crippen LogP contribution is -2.41. The number of methoxy groups -OCH3 is 1. The molecule has 1 saturated carbocycles. The van der Waals surface area contributed by atoms with Crippen LogP contribution in [0, 0.1) is 17.1 Å². The Bertz CT molecular complexity index is 1230. The number of ether oxygens (including phenoxy) is 2. The number of benzene rings is 1. The van der Waals surface area contributed by atoms with E-state index < -0.39 is 5.82 Å². The van der Waals surface area contributed by atoms with Crippen molar-refractivity contribution in [2.45, 2.75) is 38.1 Å². The number of hydrogen-bond donors (Lipinski definition) is 1. The Hall–Kier alpha value is -3.51. The Morgan fingerprint density at radius 2 is 2.09 bits per heavy atom. The topological polar surface area (TPSA) is 100 Å². The second-order valence-electron chi connectivity index (χ2n) is 9.15. The number of nitrogens with zero attached hydrogens (tertiary/aromatic N) is 4. The quantitative estimate of drug-likeness (QED) is 0.703. The zero-order valence-corrected chi connectivity index (χ0v) is 19.3. The number of carbonyl (C=O) groups excluding carboxylic acids is 1. The predicted molar refractivity (Wildman–Crippen MR) is 123 cm³/mol. The lowest BCUT2D eigenvalue weighted by molar-refractivity contribution is 0.0299. The number of nitriles is 1. The fourth-order valence-electron chi connectivity index (χ4n) is 4.35. The first-order valence-corrected chi connectivity index (χ1v) is 11.4. The van der Waals surface area contributed by atoms with Gasteiger partial charge in [-0.15, -0.1) is 0 Å². The van der Waals surface area contributed by atoms with Crippen molar-refractivity contribution in [1.82, 2.24) is 14.9 Å². The van der Waals surface area contributed by atoms with E-state index in [4.69, 9.17) is 14.5 Å². The van der Waals surface area contributed by atoms with Crippen molar-refractivity contribution < 1.29 is 18.7 Å². The molecule has 3 aliphatic rings. The highest BCUT2D eigenvalue weighted by atomic mass is 19.1. The summed E-state index contributed by atoms with van der Waals surface area (Å²) in [6, 6.07) is 5.02. The van der Waals surface area contributed by atoms with Gasteiger partial charge in [0, 0.05) is 37.0 Å². The standard InChI is InChI=1S/C25H26FN5O3/c1-25(5-6-25)30-23-22-15(14-27)3-4-19(22)28-21(29-23)12-16-11-18(26)17(13-20(16)33-2)24(32)31-7-9-34-10-8-31/h3,11,13H,4-10,12H2,1-2H3,(H,28,29,30). The van der Waals surface area contributed by atoms with Crippen LogP contribution in [-0.4, -0.2) is 59.7 Å². The van der Waals surface area contributed by atoms with E-state index in [9.17, 15) is 10.1 Å². The van der Waals surface area contributed by atoms with Gasteiger partial charge in [-0.2, -0.15) is 5.26 Å². The number of hydrogen-bond acceptors (Lipinski definition) is 7. The summed E-state index contributed by atoms with van der Waals surface area (Å²) in [4.78, 5) is 23.8. The van der Waals surface area contributed by atoms with Crippen molar-refractivity contribution >= 4 is 17.3 Å².